The normalized spacial score (nSPS) is 10.2. The van der Waals surface area contributed by atoms with Crippen LogP contribution in [0.3, 0.4) is 0 Å². The van der Waals surface area contributed by atoms with Gasteiger partial charge in [-0.15, -0.1) is 0 Å². The maximum absolute atomic E-state index is 11.1. The molecule has 0 atom stereocenters. The summed E-state index contributed by atoms with van der Waals surface area (Å²) in [6.07, 6.45) is 3.42. The van der Waals surface area contributed by atoms with E-state index in [0.717, 1.165) is 11.1 Å². The topological polar surface area (TPSA) is 85.4 Å². The molecule has 1 aromatic heterocycles. The third-order valence-electron chi connectivity index (χ3n) is 2.56. The van der Waals surface area contributed by atoms with Crippen LogP contribution in [0.25, 0.3) is 0 Å². The molecule has 0 aliphatic heterocycles. The van der Waals surface area contributed by atoms with Crippen LogP contribution in [0, 0.1) is 6.92 Å². The summed E-state index contributed by atoms with van der Waals surface area (Å²) in [4.78, 5) is 15.1. The number of aromatic nitrogens is 1. The lowest BCUT2D eigenvalue weighted by Crippen LogP contribution is -2.04. The van der Waals surface area contributed by atoms with Crippen molar-refractivity contribution in [3.05, 3.63) is 53.3 Å². The SMILES string of the molecule is Cc1cncc(COc2cc(N)ccc2C(=O)O)c1. The van der Waals surface area contributed by atoms with Gasteiger partial charge in [0, 0.05) is 29.7 Å². The number of ether oxygens (including phenoxy) is 1. The van der Waals surface area contributed by atoms with Crippen molar-refractivity contribution in [1.82, 2.24) is 4.98 Å². The minimum absolute atomic E-state index is 0.0924. The standard InChI is InChI=1S/C14H14N2O3/c1-9-4-10(7-16-6-9)8-19-13-5-11(15)2-3-12(13)14(17)18/h2-7H,8,15H2,1H3,(H,17,18). The van der Waals surface area contributed by atoms with Crippen LogP contribution >= 0.6 is 0 Å². The predicted octanol–water partition coefficient (Wildman–Crippen LogP) is 2.25. The number of hydrogen-bond acceptors (Lipinski definition) is 4. The van der Waals surface area contributed by atoms with Crippen LogP contribution in [0.4, 0.5) is 5.69 Å². The third-order valence-corrected chi connectivity index (χ3v) is 2.56. The molecule has 1 aromatic carbocycles. The van der Waals surface area contributed by atoms with Gasteiger partial charge in [0.15, 0.2) is 0 Å². The quantitative estimate of drug-likeness (QED) is 0.821. The summed E-state index contributed by atoms with van der Waals surface area (Å²) in [5.74, 6) is -0.786. The summed E-state index contributed by atoms with van der Waals surface area (Å²) >= 11 is 0. The number of aryl methyl sites for hydroxylation is 1. The van der Waals surface area contributed by atoms with E-state index in [4.69, 9.17) is 15.6 Å². The lowest BCUT2D eigenvalue weighted by atomic mass is 10.2. The Balaban J connectivity index is 2.19. The summed E-state index contributed by atoms with van der Waals surface area (Å²) in [5.41, 5.74) is 8.08. The average molecular weight is 258 g/mol. The first kappa shape index (κ1) is 12.9. The lowest BCUT2D eigenvalue weighted by molar-refractivity contribution is 0.0692. The molecule has 0 amide bonds. The van der Waals surface area contributed by atoms with Gasteiger partial charge in [-0.3, -0.25) is 4.98 Å². The Morgan fingerprint density at radius 3 is 2.84 bits per heavy atom. The maximum Gasteiger partial charge on any atom is 0.339 e. The lowest BCUT2D eigenvalue weighted by Gasteiger charge is -2.10. The second kappa shape index (κ2) is 5.39. The second-order valence-electron chi connectivity index (χ2n) is 4.22. The number of carboxylic acids is 1. The van der Waals surface area contributed by atoms with Gasteiger partial charge in [-0.1, -0.05) is 0 Å². The number of pyridine rings is 1. The van der Waals surface area contributed by atoms with E-state index in [1.165, 1.54) is 18.2 Å². The van der Waals surface area contributed by atoms with E-state index in [0.29, 0.717) is 5.69 Å². The molecule has 0 spiro atoms. The Morgan fingerprint density at radius 1 is 1.37 bits per heavy atom. The van der Waals surface area contributed by atoms with E-state index in [2.05, 4.69) is 4.98 Å². The first-order valence-corrected chi connectivity index (χ1v) is 5.72. The van der Waals surface area contributed by atoms with Gasteiger partial charge in [-0.2, -0.15) is 0 Å². The fourth-order valence-electron chi connectivity index (χ4n) is 1.69. The van der Waals surface area contributed by atoms with Crippen molar-refractivity contribution in [3.8, 4) is 5.75 Å². The molecule has 0 bridgehead atoms. The van der Waals surface area contributed by atoms with Crippen molar-refractivity contribution < 1.29 is 14.6 Å². The van der Waals surface area contributed by atoms with E-state index in [1.807, 2.05) is 13.0 Å². The molecule has 3 N–H and O–H groups in total. The Kier molecular flexibility index (Phi) is 3.66. The third kappa shape index (κ3) is 3.22. The van der Waals surface area contributed by atoms with Gasteiger partial charge in [0.05, 0.1) is 0 Å². The molecule has 0 radical (unpaired) electrons. The molecule has 2 aromatic rings. The van der Waals surface area contributed by atoms with E-state index in [9.17, 15) is 4.79 Å². The summed E-state index contributed by atoms with van der Waals surface area (Å²) in [6.45, 7) is 2.18. The van der Waals surface area contributed by atoms with Gasteiger partial charge in [-0.25, -0.2) is 4.79 Å². The summed E-state index contributed by atoms with van der Waals surface area (Å²) in [5, 5.41) is 9.06. The number of anilines is 1. The van der Waals surface area contributed by atoms with E-state index in [-0.39, 0.29) is 17.9 Å². The highest BCUT2D eigenvalue weighted by atomic mass is 16.5. The molecular weight excluding hydrogens is 244 g/mol. The summed E-state index contributed by atoms with van der Waals surface area (Å²) in [6, 6.07) is 6.40. The van der Waals surface area contributed by atoms with Gasteiger partial charge in [0.2, 0.25) is 0 Å². The zero-order chi connectivity index (χ0) is 13.8. The van der Waals surface area contributed by atoms with Crippen molar-refractivity contribution in [1.29, 1.82) is 0 Å². The van der Waals surface area contributed by atoms with Crippen LogP contribution in [0.15, 0.2) is 36.7 Å². The Hall–Kier alpha value is -2.56. The zero-order valence-electron chi connectivity index (χ0n) is 10.5. The molecule has 5 nitrogen and oxygen atoms in total. The number of nitrogens with two attached hydrogens (primary N) is 1. The number of rotatable bonds is 4. The highest BCUT2D eigenvalue weighted by Gasteiger charge is 2.11. The number of benzene rings is 1. The van der Waals surface area contributed by atoms with Gasteiger partial charge < -0.3 is 15.6 Å². The number of nitrogen functional groups attached to an aromatic ring is 1. The second-order valence-corrected chi connectivity index (χ2v) is 4.22. The van der Waals surface area contributed by atoms with Gasteiger partial charge in [0.1, 0.15) is 17.9 Å². The largest absolute Gasteiger partial charge is 0.488 e. The molecule has 98 valence electrons. The van der Waals surface area contributed by atoms with Crippen molar-refractivity contribution in [2.75, 3.05) is 5.73 Å². The average Bonchev–Trinajstić information content (AvgIpc) is 2.36. The van der Waals surface area contributed by atoms with E-state index in [1.54, 1.807) is 12.4 Å². The first-order valence-electron chi connectivity index (χ1n) is 5.72. The van der Waals surface area contributed by atoms with Crippen LogP contribution in [-0.2, 0) is 6.61 Å². The van der Waals surface area contributed by atoms with Crippen LogP contribution < -0.4 is 10.5 Å². The smallest absolute Gasteiger partial charge is 0.339 e. The highest BCUT2D eigenvalue weighted by molar-refractivity contribution is 5.91. The van der Waals surface area contributed by atoms with Crippen molar-refractivity contribution in [3.63, 3.8) is 0 Å². The van der Waals surface area contributed by atoms with Gasteiger partial charge in [-0.05, 0) is 30.7 Å². The van der Waals surface area contributed by atoms with Crippen molar-refractivity contribution in [2.24, 2.45) is 0 Å². The molecule has 0 fully saturated rings. The maximum atomic E-state index is 11.1. The van der Waals surface area contributed by atoms with E-state index >= 15 is 0 Å². The number of carboxylic acid groups (broad SMARTS) is 1. The molecule has 1 heterocycles. The molecule has 0 saturated heterocycles. The number of nitrogens with zero attached hydrogens (tertiary/aromatic N) is 1. The fourth-order valence-corrected chi connectivity index (χ4v) is 1.69. The van der Waals surface area contributed by atoms with Crippen molar-refractivity contribution >= 4 is 11.7 Å². The first-order chi connectivity index (χ1) is 9.06. The number of hydrogen-bond donors (Lipinski definition) is 2. The molecule has 2 rings (SSSR count). The number of aromatic carboxylic acids is 1. The van der Waals surface area contributed by atoms with Crippen LogP contribution in [0.5, 0.6) is 5.75 Å². The van der Waals surface area contributed by atoms with Crippen LogP contribution in [0.1, 0.15) is 21.5 Å². The molecule has 19 heavy (non-hydrogen) atoms. The molecule has 0 saturated carbocycles. The Bertz CT molecular complexity index is 611. The Labute approximate surface area is 110 Å². The minimum atomic E-state index is -1.04. The molecule has 0 unspecified atom stereocenters. The number of carbonyl (C=O) groups is 1. The van der Waals surface area contributed by atoms with Crippen molar-refractivity contribution in [2.45, 2.75) is 13.5 Å². The zero-order valence-corrected chi connectivity index (χ0v) is 10.5. The molecule has 5 heteroatoms. The molecular formula is C14H14N2O3. The summed E-state index contributed by atoms with van der Waals surface area (Å²) in [7, 11) is 0. The van der Waals surface area contributed by atoms with E-state index < -0.39 is 5.97 Å². The van der Waals surface area contributed by atoms with Crippen LogP contribution in [0.2, 0.25) is 0 Å². The minimum Gasteiger partial charge on any atom is -0.488 e. The van der Waals surface area contributed by atoms with Gasteiger partial charge >= 0.3 is 5.97 Å². The van der Waals surface area contributed by atoms with Gasteiger partial charge in [0.25, 0.3) is 0 Å². The molecule has 0 aliphatic rings. The fraction of sp³-hybridized carbons (Fsp3) is 0.143. The van der Waals surface area contributed by atoms with Crippen LogP contribution in [-0.4, -0.2) is 16.1 Å². The summed E-state index contributed by atoms with van der Waals surface area (Å²) < 4.78 is 5.52. The predicted molar refractivity (Wildman–Crippen MR) is 71.1 cm³/mol. The molecule has 0 aliphatic carbocycles. The highest BCUT2D eigenvalue weighted by Crippen LogP contribution is 2.23. The Morgan fingerprint density at radius 2 is 2.16 bits per heavy atom. The monoisotopic (exact) mass is 258 g/mol.